The molecule has 1 N–H and O–H groups in total. The highest BCUT2D eigenvalue weighted by atomic mass is 19.1. The van der Waals surface area contributed by atoms with Crippen molar-refractivity contribution in [1.29, 1.82) is 0 Å². The molecule has 0 bridgehead atoms. The fourth-order valence-corrected chi connectivity index (χ4v) is 1.41. The van der Waals surface area contributed by atoms with Crippen LogP contribution in [0, 0.1) is 5.82 Å². The summed E-state index contributed by atoms with van der Waals surface area (Å²) < 4.78 is 12.9. The summed E-state index contributed by atoms with van der Waals surface area (Å²) in [4.78, 5) is 11.6. The third-order valence-electron chi connectivity index (χ3n) is 2.26. The number of carbonyl (C=O) groups excluding carboxylic acids is 1. The molecule has 4 heteroatoms. The molecule has 0 atom stereocenters. The van der Waals surface area contributed by atoms with Crippen LogP contribution in [0.1, 0.15) is 15.9 Å². The molecule has 90 valence electrons. The summed E-state index contributed by atoms with van der Waals surface area (Å²) in [5, 5.41) is 3.77. The highest BCUT2D eigenvalue weighted by Gasteiger charge is 2.01. The number of nitrogens with one attached hydrogen (secondary N) is 1. The van der Waals surface area contributed by atoms with Crippen molar-refractivity contribution in [2.45, 2.75) is 0 Å². The highest BCUT2D eigenvalue weighted by molar-refractivity contribution is 5.94. The Hall–Kier alpha value is -2.49. The molecule has 0 saturated heterocycles. The summed E-state index contributed by atoms with van der Waals surface area (Å²) in [6, 6.07) is 14.7. The Morgan fingerprint density at radius 2 is 1.89 bits per heavy atom. The summed E-state index contributed by atoms with van der Waals surface area (Å²) in [6.45, 7) is 0. The van der Waals surface area contributed by atoms with Gasteiger partial charge in [-0.3, -0.25) is 4.79 Å². The van der Waals surface area contributed by atoms with E-state index in [-0.39, 0.29) is 11.7 Å². The molecule has 2 aromatic carbocycles. The van der Waals surface area contributed by atoms with Crippen molar-refractivity contribution in [3.05, 3.63) is 71.5 Å². The molecule has 0 fully saturated rings. The predicted molar refractivity (Wildman–Crippen MR) is 67.9 cm³/mol. The van der Waals surface area contributed by atoms with Crippen LogP contribution in [0.25, 0.3) is 0 Å². The first-order chi connectivity index (χ1) is 8.75. The SMILES string of the molecule is O=C(N/N=C\c1cccc(F)c1)c1ccccc1. The van der Waals surface area contributed by atoms with Crippen LogP contribution in [0.4, 0.5) is 4.39 Å². The first-order valence-electron chi connectivity index (χ1n) is 5.40. The number of rotatable bonds is 3. The molecule has 0 aliphatic heterocycles. The average molecular weight is 242 g/mol. The molecule has 0 spiro atoms. The van der Waals surface area contributed by atoms with Crippen LogP contribution in [0.2, 0.25) is 0 Å². The molecule has 2 rings (SSSR count). The lowest BCUT2D eigenvalue weighted by atomic mass is 10.2. The lowest BCUT2D eigenvalue weighted by molar-refractivity contribution is 0.0955. The third kappa shape index (κ3) is 3.25. The van der Waals surface area contributed by atoms with Gasteiger partial charge < -0.3 is 0 Å². The number of nitrogens with zero attached hydrogens (tertiary/aromatic N) is 1. The highest BCUT2D eigenvalue weighted by Crippen LogP contribution is 2.01. The maximum Gasteiger partial charge on any atom is 0.271 e. The second kappa shape index (κ2) is 5.72. The van der Waals surface area contributed by atoms with Gasteiger partial charge in [0.05, 0.1) is 6.21 Å². The smallest absolute Gasteiger partial charge is 0.267 e. The van der Waals surface area contributed by atoms with Crippen LogP contribution >= 0.6 is 0 Å². The number of hydrogen-bond acceptors (Lipinski definition) is 2. The van der Waals surface area contributed by atoms with Gasteiger partial charge in [-0.15, -0.1) is 0 Å². The zero-order valence-electron chi connectivity index (χ0n) is 9.51. The molecule has 2 aromatic rings. The van der Waals surface area contributed by atoms with Gasteiger partial charge in [-0.25, -0.2) is 9.82 Å². The number of benzene rings is 2. The van der Waals surface area contributed by atoms with Crippen LogP contribution in [0.3, 0.4) is 0 Å². The first kappa shape index (κ1) is 12.0. The molecule has 18 heavy (non-hydrogen) atoms. The molecule has 0 saturated carbocycles. The van der Waals surface area contributed by atoms with Gasteiger partial charge in [0.2, 0.25) is 0 Å². The molecule has 0 radical (unpaired) electrons. The molecule has 0 aromatic heterocycles. The molecular weight excluding hydrogens is 231 g/mol. The number of halogens is 1. The van der Waals surface area contributed by atoms with Crippen molar-refractivity contribution in [3.8, 4) is 0 Å². The standard InChI is InChI=1S/C14H11FN2O/c15-13-8-4-5-11(9-13)10-16-17-14(18)12-6-2-1-3-7-12/h1-10H,(H,17,18)/b16-10-. The maximum absolute atomic E-state index is 12.9. The average Bonchev–Trinajstić information content (AvgIpc) is 2.40. The van der Waals surface area contributed by atoms with E-state index in [0.717, 1.165) is 0 Å². The summed E-state index contributed by atoms with van der Waals surface area (Å²) in [6.07, 6.45) is 1.39. The Morgan fingerprint density at radius 3 is 2.61 bits per heavy atom. The van der Waals surface area contributed by atoms with Crippen molar-refractivity contribution < 1.29 is 9.18 Å². The Bertz CT molecular complexity index is 567. The van der Waals surface area contributed by atoms with Crippen LogP contribution in [-0.2, 0) is 0 Å². The van der Waals surface area contributed by atoms with Gasteiger partial charge in [0.1, 0.15) is 5.82 Å². The number of amides is 1. The van der Waals surface area contributed by atoms with E-state index in [2.05, 4.69) is 10.5 Å². The molecule has 0 unspecified atom stereocenters. The van der Waals surface area contributed by atoms with Crippen molar-refractivity contribution in [2.75, 3.05) is 0 Å². The minimum absolute atomic E-state index is 0.303. The summed E-state index contributed by atoms with van der Waals surface area (Å²) in [5.41, 5.74) is 3.48. The van der Waals surface area contributed by atoms with E-state index in [4.69, 9.17) is 0 Å². The number of hydrogen-bond donors (Lipinski definition) is 1. The molecule has 1 amide bonds. The largest absolute Gasteiger partial charge is 0.271 e. The van der Waals surface area contributed by atoms with Gasteiger partial charge in [-0.05, 0) is 29.8 Å². The molecule has 3 nitrogen and oxygen atoms in total. The van der Waals surface area contributed by atoms with Crippen LogP contribution in [0.5, 0.6) is 0 Å². The van der Waals surface area contributed by atoms with E-state index in [9.17, 15) is 9.18 Å². The lowest BCUT2D eigenvalue weighted by Gasteiger charge is -1.98. The Kier molecular flexibility index (Phi) is 3.81. The molecule has 0 heterocycles. The molecule has 0 aliphatic carbocycles. The maximum atomic E-state index is 12.9. The Labute approximate surface area is 104 Å². The van der Waals surface area contributed by atoms with E-state index in [1.165, 1.54) is 18.3 Å². The van der Waals surface area contributed by atoms with Crippen molar-refractivity contribution in [2.24, 2.45) is 5.10 Å². The predicted octanol–water partition coefficient (Wildman–Crippen LogP) is 2.59. The van der Waals surface area contributed by atoms with Gasteiger partial charge in [-0.2, -0.15) is 5.10 Å². The van der Waals surface area contributed by atoms with E-state index < -0.39 is 0 Å². The Balaban J connectivity index is 1.98. The number of carbonyl (C=O) groups is 1. The quantitative estimate of drug-likeness (QED) is 0.652. The zero-order valence-corrected chi connectivity index (χ0v) is 9.51. The summed E-state index contributed by atoms with van der Waals surface area (Å²) in [7, 11) is 0. The normalized spacial score (nSPS) is 10.5. The van der Waals surface area contributed by atoms with E-state index in [0.29, 0.717) is 11.1 Å². The van der Waals surface area contributed by atoms with Crippen LogP contribution in [-0.4, -0.2) is 12.1 Å². The minimum Gasteiger partial charge on any atom is -0.267 e. The van der Waals surface area contributed by atoms with E-state index >= 15 is 0 Å². The van der Waals surface area contributed by atoms with Gasteiger partial charge >= 0.3 is 0 Å². The minimum atomic E-state index is -0.340. The summed E-state index contributed by atoms with van der Waals surface area (Å²) in [5.74, 6) is -0.642. The zero-order chi connectivity index (χ0) is 12.8. The van der Waals surface area contributed by atoms with Gasteiger partial charge in [0, 0.05) is 5.56 Å². The van der Waals surface area contributed by atoms with Crippen LogP contribution in [0.15, 0.2) is 59.7 Å². The fraction of sp³-hybridized carbons (Fsp3) is 0. The van der Waals surface area contributed by atoms with E-state index in [1.807, 2.05) is 6.07 Å². The van der Waals surface area contributed by atoms with Gasteiger partial charge in [0.15, 0.2) is 0 Å². The fourth-order valence-electron chi connectivity index (χ4n) is 1.41. The lowest BCUT2D eigenvalue weighted by Crippen LogP contribution is -2.17. The second-order valence-corrected chi connectivity index (χ2v) is 3.62. The molecule has 0 aliphatic rings. The van der Waals surface area contributed by atoms with Gasteiger partial charge in [-0.1, -0.05) is 30.3 Å². The van der Waals surface area contributed by atoms with Crippen molar-refractivity contribution >= 4 is 12.1 Å². The monoisotopic (exact) mass is 242 g/mol. The third-order valence-corrected chi connectivity index (χ3v) is 2.26. The Morgan fingerprint density at radius 1 is 1.11 bits per heavy atom. The van der Waals surface area contributed by atoms with E-state index in [1.54, 1.807) is 36.4 Å². The van der Waals surface area contributed by atoms with Gasteiger partial charge in [0.25, 0.3) is 5.91 Å². The van der Waals surface area contributed by atoms with Crippen LogP contribution < -0.4 is 5.43 Å². The molecular formula is C14H11FN2O. The topological polar surface area (TPSA) is 41.5 Å². The number of hydrazone groups is 1. The van der Waals surface area contributed by atoms with Crippen molar-refractivity contribution in [3.63, 3.8) is 0 Å². The van der Waals surface area contributed by atoms with Crippen molar-refractivity contribution in [1.82, 2.24) is 5.43 Å². The summed E-state index contributed by atoms with van der Waals surface area (Å²) >= 11 is 0. The second-order valence-electron chi connectivity index (χ2n) is 3.62. The first-order valence-corrected chi connectivity index (χ1v) is 5.40.